The lowest BCUT2D eigenvalue weighted by Gasteiger charge is -2.24. The van der Waals surface area contributed by atoms with Gasteiger partial charge < -0.3 is 0 Å². The molecule has 0 aliphatic carbocycles. The average molecular weight is 517 g/mol. The molecule has 7 nitrogen and oxygen atoms in total. The van der Waals surface area contributed by atoms with Crippen LogP contribution in [0.5, 0.6) is 0 Å². The summed E-state index contributed by atoms with van der Waals surface area (Å²) in [6.45, 7) is 1.56. The number of sulfonamides is 1. The second kappa shape index (κ2) is 10.6. The summed E-state index contributed by atoms with van der Waals surface area (Å²) < 4.78 is 28.3. The molecule has 2 aromatic carbocycles. The van der Waals surface area contributed by atoms with E-state index in [-0.39, 0.29) is 20.6 Å². The molecule has 0 saturated heterocycles. The molecule has 0 saturated carbocycles. The Bertz CT molecular complexity index is 1140. The molecule has 1 N–H and O–H groups in total. The summed E-state index contributed by atoms with van der Waals surface area (Å²) in [5, 5.41) is 11.4. The Morgan fingerprint density at radius 2 is 1.81 bits per heavy atom. The van der Waals surface area contributed by atoms with Gasteiger partial charge in [0.2, 0.25) is 11.0 Å². The summed E-state index contributed by atoms with van der Waals surface area (Å²) in [5.41, 5.74) is 0.174. The summed E-state index contributed by atoms with van der Waals surface area (Å²) in [6.07, 6.45) is 0.987. The van der Waals surface area contributed by atoms with Crippen LogP contribution in [-0.4, -0.2) is 36.8 Å². The first-order chi connectivity index (χ1) is 14.8. The smallest absolute Gasteiger partial charge is 0.264 e. The largest absolute Gasteiger partial charge is 0.299 e. The number of hydrogen-bond donors (Lipinski definition) is 1. The molecular formula is C19H18Cl2N4O3S3. The van der Waals surface area contributed by atoms with Gasteiger partial charge in [0.05, 0.1) is 10.6 Å². The third kappa shape index (κ3) is 6.33. The second-order valence-electron chi connectivity index (χ2n) is 6.22. The van der Waals surface area contributed by atoms with Crippen molar-refractivity contribution in [2.75, 3.05) is 21.9 Å². The normalized spacial score (nSPS) is 11.3. The fourth-order valence-electron chi connectivity index (χ4n) is 2.52. The first kappa shape index (κ1) is 23.8. The van der Waals surface area contributed by atoms with E-state index in [2.05, 4.69) is 22.4 Å². The van der Waals surface area contributed by atoms with Gasteiger partial charge in [-0.3, -0.25) is 14.4 Å². The fraction of sp³-hybridized carbons (Fsp3) is 0.211. The van der Waals surface area contributed by atoms with Crippen LogP contribution < -0.4 is 9.62 Å². The number of hydrogen-bond acceptors (Lipinski definition) is 7. The number of nitrogens with one attached hydrogen (secondary N) is 1. The highest BCUT2D eigenvalue weighted by Crippen LogP contribution is 2.30. The van der Waals surface area contributed by atoms with Crippen molar-refractivity contribution in [3.63, 3.8) is 0 Å². The minimum Gasteiger partial charge on any atom is -0.299 e. The number of carbonyl (C=O) groups excluding carboxylic acids is 1. The predicted octanol–water partition coefficient (Wildman–Crippen LogP) is 5.18. The van der Waals surface area contributed by atoms with Gasteiger partial charge >= 0.3 is 0 Å². The van der Waals surface area contributed by atoms with Crippen LogP contribution in [0, 0.1) is 0 Å². The van der Waals surface area contributed by atoms with Crippen molar-refractivity contribution in [2.24, 2.45) is 0 Å². The molecule has 3 aromatic rings. The Morgan fingerprint density at radius 3 is 2.45 bits per heavy atom. The van der Waals surface area contributed by atoms with Gasteiger partial charge in [-0.05, 0) is 36.8 Å². The Kier molecular flexibility index (Phi) is 8.17. The summed E-state index contributed by atoms with van der Waals surface area (Å²) in [5.74, 6) is 0.320. The van der Waals surface area contributed by atoms with Crippen LogP contribution in [-0.2, 0) is 14.8 Å². The van der Waals surface area contributed by atoms with Crippen molar-refractivity contribution in [3.05, 3.63) is 58.6 Å². The number of carbonyl (C=O) groups is 1. The molecule has 0 fully saturated rings. The zero-order chi connectivity index (χ0) is 22.4. The van der Waals surface area contributed by atoms with Crippen LogP contribution in [0.15, 0.2) is 57.8 Å². The van der Waals surface area contributed by atoms with Crippen molar-refractivity contribution in [1.29, 1.82) is 0 Å². The van der Waals surface area contributed by atoms with E-state index in [0.29, 0.717) is 5.13 Å². The Morgan fingerprint density at radius 1 is 1.13 bits per heavy atom. The van der Waals surface area contributed by atoms with Crippen molar-refractivity contribution in [1.82, 2.24) is 10.2 Å². The highest BCUT2D eigenvalue weighted by Gasteiger charge is 2.28. The highest BCUT2D eigenvalue weighted by molar-refractivity contribution is 8.01. The van der Waals surface area contributed by atoms with Crippen LogP contribution in [0.4, 0.5) is 10.8 Å². The quantitative estimate of drug-likeness (QED) is 0.311. The van der Waals surface area contributed by atoms with Gasteiger partial charge in [0, 0.05) is 15.8 Å². The lowest BCUT2D eigenvalue weighted by atomic mass is 10.3. The predicted molar refractivity (Wildman–Crippen MR) is 127 cm³/mol. The van der Waals surface area contributed by atoms with E-state index in [1.807, 2.05) is 0 Å². The van der Waals surface area contributed by atoms with Crippen LogP contribution in [0.25, 0.3) is 0 Å². The lowest BCUT2D eigenvalue weighted by Crippen LogP contribution is -2.38. The van der Waals surface area contributed by atoms with Gasteiger partial charge in [-0.15, -0.1) is 10.2 Å². The van der Waals surface area contributed by atoms with Gasteiger partial charge in [0.15, 0.2) is 4.34 Å². The maximum atomic E-state index is 13.3. The number of amides is 1. The average Bonchev–Trinajstić information content (AvgIpc) is 3.17. The lowest BCUT2D eigenvalue weighted by molar-refractivity contribution is -0.114. The first-order valence-corrected chi connectivity index (χ1v) is 13.1. The van der Waals surface area contributed by atoms with Gasteiger partial charge in [-0.25, -0.2) is 8.42 Å². The maximum Gasteiger partial charge on any atom is 0.264 e. The Hall–Kier alpha value is -1.85. The van der Waals surface area contributed by atoms with Crippen molar-refractivity contribution in [2.45, 2.75) is 22.6 Å². The third-order valence-corrected chi connectivity index (χ3v) is 8.24. The van der Waals surface area contributed by atoms with Gasteiger partial charge in [-0.1, -0.05) is 71.4 Å². The van der Waals surface area contributed by atoms with Crippen molar-refractivity contribution >= 4 is 73.0 Å². The molecular weight excluding hydrogens is 499 g/mol. The number of benzene rings is 2. The molecule has 1 amide bonds. The van der Waals surface area contributed by atoms with E-state index >= 15 is 0 Å². The van der Waals surface area contributed by atoms with E-state index in [1.54, 1.807) is 30.0 Å². The summed E-state index contributed by atoms with van der Waals surface area (Å²) in [7, 11) is -4.06. The first-order valence-electron chi connectivity index (χ1n) is 9.09. The monoisotopic (exact) mass is 516 g/mol. The standard InChI is InChI=1S/C19H18Cl2N4O3S3/c1-2-8-29-19-24-23-18(30-19)22-17(26)12-25(15-10-13(20)9-14(21)11-15)31(27,28)16-6-4-3-5-7-16/h3-7,9-11H,2,8,12H2,1H3,(H,22,23,26). The number of nitrogens with zero attached hydrogens (tertiary/aromatic N) is 3. The number of halogens is 2. The minimum atomic E-state index is -4.06. The van der Waals surface area contributed by atoms with Crippen LogP contribution in [0.1, 0.15) is 13.3 Å². The number of anilines is 2. The van der Waals surface area contributed by atoms with Gasteiger partial charge in [-0.2, -0.15) is 0 Å². The molecule has 31 heavy (non-hydrogen) atoms. The summed E-state index contributed by atoms with van der Waals surface area (Å²) in [6, 6.07) is 12.2. The number of aromatic nitrogens is 2. The van der Waals surface area contributed by atoms with E-state index in [1.165, 1.54) is 41.7 Å². The molecule has 0 spiro atoms. The van der Waals surface area contributed by atoms with E-state index in [4.69, 9.17) is 23.2 Å². The topological polar surface area (TPSA) is 92.3 Å². The molecule has 164 valence electrons. The molecule has 0 atom stereocenters. The number of rotatable bonds is 9. The number of thioether (sulfide) groups is 1. The SMILES string of the molecule is CCCSc1nnc(NC(=O)CN(c2cc(Cl)cc(Cl)c2)S(=O)(=O)c2ccccc2)s1. The third-order valence-electron chi connectivity index (χ3n) is 3.84. The highest BCUT2D eigenvalue weighted by atomic mass is 35.5. The van der Waals surface area contributed by atoms with Crippen LogP contribution in [0.2, 0.25) is 10.0 Å². The van der Waals surface area contributed by atoms with Crippen molar-refractivity contribution in [3.8, 4) is 0 Å². The van der Waals surface area contributed by atoms with E-state index in [0.717, 1.165) is 20.8 Å². The molecule has 3 rings (SSSR count). The van der Waals surface area contributed by atoms with Crippen molar-refractivity contribution < 1.29 is 13.2 Å². The summed E-state index contributed by atoms with van der Waals surface area (Å²) in [4.78, 5) is 12.8. The van der Waals surface area contributed by atoms with E-state index < -0.39 is 22.5 Å². The molecule has 0 unspecified atom stereocenters. The Balaban J connectivity index is 1.88. The molecule has 1 heterocycles. The molecule has 0 aliphatic heterocycles. The fourth-order valence-corrected chi connectivity index (χ4v) is 6.15. The van der Waals surface area contributed by atoms with Gasteiger partial charge in [0.25, 0.3) is 10.0 Å². The van der Waals surface area contributed by atoms with Gasteiger partial charge in [0.1, 0.15) is 6.54 Å². The maximum absolute atomic E-state index is 13.3. The minimum absolute atomic E-state index is 0.0352. The molecule has 12 heteroatoms. The zero-order valence-electron chi connectivity index (χ0n) is 16.3. The van der Waals surface area contributed by atoms with Crippen LogP contribution >= 0.6 is 46.3 Å². The van der Waals surface area contributed by atoms with Crippen LogP contribution in [0.3, 0.4) is 0 Å². The Labute approximate surface area is 198 Å². The molecule has 0 radical (unpaired) electrons. The summed E-state index contributed by atoms with van der Waals surface area (Å²) >= 11 is 14.9. The molecule has 0 bridgehead atoms. The second-order valence-corrected chi connectivity index (χ2v) is 11.3. The van der Waals surface area contributed by atoms with E-state index in [9.17, 15) is 13.2 Å². The molecule has 0 aliphatic rings. The zero-order valence-corrected chi connectivity index (χ0v) is 20.2. The molecule has 1 aromatic heterocycles.